The molecule has 5 heteroatoms. The topological polar surface area (TPSA) is 59.9 Å². The van der Waals surface area contributed by atoms with E-state index in [0.29, 0.717) is 11.5 Å². The number of hydrogen-bond acceptors (Lipinski definition) is 4. The normalized spacial score (nSPS) is 16.1. The Morgan fingerprint density at radius 1 is 1.00 bits per heavy atom. The maximum Gasteiger partial charge on any atom is 0.284 e. The summed E-state index contributed by atoms with van der Waals surface area (Å²) in [5.74, 6) is 0.866. The van der Waals surface area contributed by atoms with Crippen LogP contribution in [0.1, 0.15) is 5.56 Å². The van der Waals surface area contributed by atoms with Crippen molar-refractivity contribution in [3.63, 3.8) is 0 Å². The number of nitrogens with zero attached hydrogens (tertiary/aromatic N) is 1. The molecule has 3 aromatic rings. The number of hydrogen-bond donors (Lipinski definition) is 1. The van der Waals surface area contributed by atoms with Crippen molar-refractivity contribution in [2.24, 2.45) is 5.10 Å². The summed E-state index contributed by atoms with van der Waals surface area (Å²) < 4.78 is 11.2. The van der Waals surface area contributed by atoms with Gasteiger partial charge >= 0.3 is 0 Å². The van der Waals surface area contributed by atoms with Crippen LogP contribution in [0.25, 0.3) is 10.8 Å². The Labute approximate surface area is 144 Å². The van der Waals surface area contributed by atoms with E-state index in [2.05, 4.69) is 16.6 Å². The van der Waals surface area contributed by atoms with Crippen LogP contribution in [0.15, 0.2) is 71.8 Å². The van der Waals surface area contributed by atoms with Gasteiger partial charge in [0, 0.05) is 0 Å². The number of nitrogens with one attached hydrogen (secondary N) is 1. The van der Waals surface area contributed by atoms with Crippen LogP contribution >= 0.6 is 0 Å². The summed E-state index contributed by atoms with van der Waals surface area (Å²) >= 11 is 0. The minimum absolute atomic E-state index is 0.161. The van der Waals surface area contributed by atoms with Gasteiger partial charge in [-0.2, -0.15) is 5.10 Å². The third kappa shape index (κ3) is 3.30. The van der Waals surface area contributed by atoms with Crippen LogP contribution in [0.5, 0.6) is 11.5 Å². The maximum absolute atomic E-state index is 12.2. The molecule has 1 amide bonds. The molecular weight excluding hydrogens is 316 g/mol. The average Bonchev–Trinajstić information content (AvgIpc) is 2.67. The second-order valence-corrected chi connectivity index (χ2v) is 5.71. The van der Waals surface area contributed by atoms with Gasteiger partial charge in [-0.05, 0) is 34.5 Å². The molecule has 5 nitrogen and oxygen atoms in total. The third-order valence-electron chi connectivity index (χ3n) is 3.96. The molecule has 4 rings (SSSR count). The second-order valence-electron chi connectivity index (χ2n) is 5.71. The summed E-state index contributed by atoms with van der Waals surface area (Å²) in [6.45, 7) is 0.161. The Morgan fingerprint density at radius 3 is 2.64 bits per heavy atom. The number of rotatable bonds is 3. The number of fused-ring (bicyclic) bond motifs is 2. The van der Waals surface area contributed by atoms with Gasteiger partial charge in [-0.25, -0.2) is 5.43 Å². The number of amides is 1. The van der Waals surface area contributed by atoms with Crippen molar-refractivity contribution in [2.45, 2.75) is 6.10 Å². The molecule has 124 valence electrons. The summed E-state index contributed by atoms with van der Waals surface area (Å²) in [5, 5.41) is 6.31. The summed E-state index contributed by atoms with van der Waals surface area (Å²) in [5.41, 5.74) is 3.41. The quantitative estimate of drug-likeness (QED) is 0.592. The number of benzene rings is 3. The highest BCUT2D eigenvalue weighted by atomic mass is 16.6. The maximum atomic E-state index is 12.2. The lowest BCUT2D eigenvalue weighted by atomic mass is 10.1. The Kier molecular flexibility index (Phi) is 4.04. The van der Waals surface area contributed by atoms with E-state index in [1.165, 1.54) is 0 Å². The molecule has 25 heavy (non-hydrogen) atoms. The number of hydrazone groups is 1. The Balaban J connectivity index is 1.40. The minimum Gasteiger partial charge on any atom is -0.485 e. The number of para-hydroxylation sites is 2. The van der Waals surface area contributed by atoms with Gasteiger partial charge in [0.15, 0.2) is 11.5 Å². The molecule has 3 aromatic carbocycles. The van der Waals surface area contributed by atoms with Crippen LogP contribution in [-0.2, 0) is 4.79 Å². The molecule has 0 spiro atoms. The number of carbonyl (C=O) groups is 1. The molecule has 1 aliphatic rings. The van der Waals surface area contributed by atoms with Crippen molar-refractivity contribution >= 4 is 22.9 Å². The van der Waals surface area contributed by atoms with Gasteiger partial charge in [-0.1, -0.05) is 48.5 Å². The number of carbonyl (C=O) groups excluding carboxylic acids is 1. The lowest BCUT2D eigenvalue weighted by molar-refractivity contribution is -0.130. The fourth-order valence-electron chi connectivity index (χ4n) is 2.68. The predicted molar refractivity (Wildman–Crippen MR) is 96.0 cm³/mol. The lowest BCUT2D eigenvalue weighted by Gasteiger charge is -2.24. The highest BCUT2D eigenvalue weighted by Gasteiger charge is 2.26. The van der Waals surface area contributed by atoms with E-state index in [1.54, 1.807) is 18.3 Å². The van der Waals surface area contributed by atoms with Crippen molar-refractivity contribution < 1.29 is 14.3 Å². The van der Waals surface area contributed by atoms with Gasteiger partial charge in [0.25, 0.3) is 5.91 Å². The van der Waals surface area contributed by atoms with E-state index in [4.69, 9.17) is 9.47 Å². The Hall–Kier alpha value is -3.34. The molecule has 0 aromatic heterocycles. The summed E-state index contributed by atoms with van der Waals surface area (Å²) in [6, 6.07) is 21.3. The van der Waals surface area contributed by atoms with Crippen molar-refractivity contribution in [1.82, 2.24) is 5.43 Å². The van der Waals surface area contributed by atoms with Crippen molar-refractivity contribution in [2.75, 3.05) is 6.61 Å². The zero-order valence-corrected chi connectivity index (χ0v) is 13.4. The zero-order valence-electron chi connectivity index (χ0n) is 13.4. The van der Waals surface area contributed by atoms with Gasteiger partial charge in [0.1, 0.15) is 6.61 Å². The van der Waals surface area contributed by atoms with Crippen molar-refractivity contribution in [1.29, 1.82) is 0 Å². The van der Waals surface area contributed by atoms with Crippen LogP contribution in [0.4, 0.5) is 0 Å². The van der Waals surface area contributed by atoms with Gasteiger partial charge in [0.2, 0.25) is 6.10 Å². The van der Waals surface area contributed by atoms with E-state index in [-0.39, 0.29) is 12.5 Å². The molecule has 1 N–H and O–H groups in total. The zero-order chi connectivity index (χ0) is 17.1. The fraction of sp³-hybridized carbons (Fsp3) is 0.100. The standard InChI is InChI=1S/C20H16N2O3/c23-20(19-13-24-17-7-3-4-8-18(17)25-19)22-21-12-14-9-10-15-5-1-2-6-16(15)11-14/h1-12,19H,13H2,(H,22,23). The van der Waals surface area contributed by atoms with E-state index >= 15 is 0 Å². The van der Waals surface area contributed by atoms with E-state index in [0.717, 1.165) is 16.3 Å². The van der Waals surface area contributed by atoms with Crippen LogP contribution in [0.3, 0.4) is 0 Å². The molecule has 1 unspecified atom stereocenters. The first-order valence-corrected chi connectivity index (χ1v) is 8.00. The van der Waals surface area contributed by atoms with Crippen molar-refractivity contribution in [3.8, 4) is 11.5 Å². The van der Waals surface area contributed by atoms with Crippen LogP contribution < -0.4 is 14.9 Å². The summed E-state index contributed by atoms with van der Waals surface area (Å²) in [4.78, 5) is 12.2. The summed E-state index contributed by atoms with van der Waals surface area (Å²) in [7, 11) is 0. The minimum atomic E-state index is -0.719. The first-order valence-electron chi connectivity index (χ1n) is 8.00. The smallest absolute Gasteiger partial charge is 0.284 e. The van der Waals surface area contributed by atoms with Crippen LogP contribution in [-0.4, -0.2) is 24.8 Å². The molecule has 1 atom stereocenters. The molecule has 1 aliphatic heterocycles. The lowest BCUT2D eigenvalue weighted by Crippen LogP contribution is -2.42. The molecule has 0 saturated carbocycles. The molecule has 0 aliphatic carbocycles. The number of ether oxygens (including phenoxy) is 2. The molecule has 0 fully saturated rings. The van der Waals surface area contributed by atoms with Gasteiger partial charge in [0.05, 0.1) is 6.21 Å². The van der Waals surface area contributed by atoms with Crippen LogP contribution in [0.2, 0.25) is 0 Å². The van der Waals surface area contributed by atoms with Gasteiger partial charge in [-0.3, -0.25) is 4.79 Å². The SMILES string of the molecule is O=C(NN=Cc1ccc2ccccc2c1)C1COc2ccccc2O1. The Morgan fingerprint density at radius 2 is 1.76 bits per heavy atom. The summed E-state index contributed by atoms with van der Waals surface area (Å²) in [6.07, 6.45) is 0.894. The first-order chi connectivity index (χ1) is 12.3. The van der Waals surface area contributed by atoms with Crippen LogP contribution in [0, 0.1) is 0 Å². The highest BCUT2D eigenvalue weighted by Crippen LogP contribution is 2.30. The Bertz CT molecular complexity index is 952. The molecule has 0 radical (unpaired) electrons. The second kappa shape index (κ2) is 6.65. The van der Waals surface area contributed by atoms with Gasteiger partial charge in [-0.15, -0.1) is 0 Å². The predicted octanol–water partition coefficient (Wildman–Crippen LogP) is 3.13. The monoisotopic (exact) mass is 332 g/mol. The third-order valence-corrected chi connectivity index (χ3v) is 3.96. The fourth-order valence-corrected chi connectivity index (χ4v) is 2.68. The van der Waals surface area contributed by atoms with Gasteiger partial charge < -0.3 is 9.47 Å². The molecule has 0 saturated heterocycles. The average molecular weight is 332 g/mol. The largest absolute Gasteiger partial charge is 0.485 e. The van der Waals surface area contributed by atoms with E-state index < -0.39 is 6.10 Å². The van der Waals surface area contributed by atoms with E-state index in [1.807, 2.05) is 48.5 Å². The molecule has 0 bridgehead atoms. The van der Waals surface area contributed by atoms with Crippen molar-refractivity contribution in [3.05, 3.63) is 72.3 Å². The first kappa shape index (κ1) is 15.2. The van der Waals surface area contributed by atoms with E-state index in [9.17, 15) is 4.79 Å². The molecular formula is C20H16N2O3. The molecule has 1 heterocycles. The highest BCUT2D eigenvalue weighted by molar-refractivity contribution is 5.91.